The first-order chi connectivity index (χ1) is 29.4. The van der Waals surface area contributed by atoms with Gasteiger partial charge in [-0.15, -0.1) is 0 Å². The van der Waals surface area contributed by atoms with Crippen LogP contribution in [-0.4, -0.2) is 30.2 Å². The van der Waals surface area contributed by atoms with Crippen molar-refractivity contribution in [3.05, 3.63) is 41.5 Å². The number of carbonyl (C=O) groups is 2. The molecule has 0 saturated carbocycles. The molecule has 2 aromatic carbocycles. The summed E-state index contributed by atoms with van der Waals surface area (Å²) in [5, 5.41) is 11.0. The number of ether oxygens (including phenoxy) is 2. The van der Waals surface area contributed by atoms with Crippen LogP contribution in [0.3, 0.4) is 0 Å². The molecule has 0 fully saturated rings. The summed E-state index contributed by atoms with van der Waals surface area (Å²) in [4.78, 5) is 25.6. The average molecular weight is 828 g/mol. The first kappa shape index (κ1) is 50.8. The molecule has 0 atom stereocenters. The molecule has 3 aromatic rings. The molecule has 0 radical (unpaired) electrons. The lowest BCUT2D eigenvalue weighted by Crippen LogP contribution is -2.34. The predicted molar refractivity (Wildman–Crippen MR) is 253 cm³/mol. The quantitative estimate of drug-likeness (QED) is 0.0460. The van der Waals surface area contributed by atoms with Gasteiger partial charge >= 0.3 is 5.97 Å². The number of hydrogen-bond acceptors (Lipinski definition) is 5. The van der Waals surface area contributed by atoms with Crippen LogP contribution in [0.5, 0.6) is 5.75 Å². The van der Waals surface area contributed by atoms with Crippen molar-refractivity contribution in [1.82, 2.24) is 4.57 Å². The molecular weight excluding hydrogens is 743 g/mol. The van der Waals surface area contributed by atoms with E-state index in [4.69, 9.17) is 15.2 Å². The molecule has 1 aromatic heterocycles. The largest absolute Gasteiger partial charge is 0.482 e. The minimum absolute atomic E-state index is 0.124. The van der Waals surface area contributed by atoms with Gasteiger partial charge in [-0.05, 0) is 68.4 Å². The van der Waals surface area contributed by atoms with Crippen molar-refractivity contribution < 1.29 is 19.1 Å². The highest BCUT2D eigenvalue weighted by molar-refractivity contribution is 6.18. The Morgan fingerprint density at radius 2 is 1.13 bits per heavy atom. The number of benzene rings is 2. The Bertz CT molecular complexity index is 1640. The van der Waals surface area contributed by atoms with Crippen LogP contribution in [-0.2, 0) is 21.5 Å². The zero-order valence-corrected chi connectivity index (χ0v) is 38.8. The third-order valence-corrected chi connectivity index (χ3v) is 13.0. The lowest BCUT2D eigenvalue weighted by Gasteiger charge is -2.38. The summed E-state index contributed by atoms with van der Waals surface area (Å²) in [7, 11) is 1.38. The fraction of sp³-hybridized carbons (Fsp3) is 0.717. The molecule has 0 spiro atoms. The number of rotatable bonds is 37. The monoisotopic (exact) mass is 828 g/mol. The fourth-order valence-corrected chi connectivity index (χ4v) is 9.55. The summed E-state index contributed by atoms with van der Waals surface area (Å²) < 4.78 is 13.9. The van der Waals surface area contributed by atoms with Crippen molar-refractivity contribution in [2.45, 2.75) is 232 Å². The van der Waals surface area contributed by atoms with Gasteiger partial charge in [-0.25, -0.2) is 4.79 Å². The van der Waals surface area contributed by atoms with Gasteiger partial charge in [0.2, 0.25) is 5.91 Å². The van der Waals surface area contributed by atoms with E-state index >= 15 is 0 Å². The van der Waals surface area contributed by atoms with Crippen LogP contribution in [0.4, 0.5) is 0 Å². The Morgan fingerprint density at radius 3 is 1.60 bits per heavy atom. The molecule has 0 bridgehead atoms. The van der Waals surface area contributed by atoms with Gasteiger partial charge in [-0.2, -0.15) is 5.26 Å². The van der Waals surface area contributed by atoms with E-state index in [1.54, 1.807) is 0 Å². The Kier molecular flexibility index (Phi) is 25.8. The third kappa shape index (κ3) is 17.1. The van der Waals surface area contributed by atoms with Crippen LogP contribution in [0.1, 0.15) is 236 Å². The summed E-state index contributed by atoms with van der Waals surface area (Å²) in [6.45, 7) is 6.67. The second-order valence-corrected chi connectivity index (χ2v) is 17.9. The summed E-state index contributed by atoms with van der Waals surface area (Å²) in [6.07, 6.45) is 38.3. The van der Waals surface area contributed by atoms with Crippen LogP contribution in [0.2, 0.25) is 0 Å². The maximum Gasteiger partial charge on any atom is 0.343 e. The van der Waals surface area contributed by atoms with Crippen molar-refractivity contribution in [3.8, 4) is 11.8 Å². The highest BCUT2D eigenvalue weighted by Gasteiger charge is 2.35. The van der Waals surface area contributed by atoms with Crippen LogP contribution in [0.15, 0.2) is 30.3 Å². The number of esters is 1. The van der Waals surface area contributed by atoms with Gasteiger partial charge in [0.15, 0.2) is 6.61 Å². The van der Waals surface area contributed by atoms with Gasteiger partial charge in [0.1, 0.15) is 5.75 Å². The van der Waals surface area contributed by atoms with E-state index in [0.29, 0.717) is 17.7 Å². The number of fused-ring (bicyclic) bond motifs is 3. The minimum atomic E-state index is -0.435. The van der Waals surface area contributed by atoms with E-state index in [1.807, 2.05) is 12.1 Å². The standard InChI is InChI=1S/C53H85N3O4/c1-5-8-11-14-17-20-24-29-37-53(38-30-25-21-18-15-12-9-6-2,39-31-26-22-19-16-13-10-7-3)56-47-36-33-35-45(52(55)58)51(47)46-42-49(60-43-50(57)59-4)44(41-48(46)56)34-28-23-27-32-40-54/h33,35-36,41-42H,5-32,34,37-39,43H2,1-4H3,(H2,55,58). The SMILES string of the molecule is CCCCCCCCCCC(CCCCCCCCCC)(CCCCCCCCCC)n1c2cc(CCCCCC#N)c(OCC(=O)OC)cc2c2c(C(N)=O)cccc21. The molecule has 1 amide bonds. The fourth-order valence-electron chi connectivity index (χ4n) is 9.55. The summed E-state index contributed by atoms with van der Waals surface area (Å²) in [5.74, 6) is -0.222. The first-order valence-electron chi connectivity index (χ1n) is 24.8. The van der Waals surface area contributed by atoms with E-state index in [2.05, 4.69) is 49.6 Å². The molecule has 60 heavy (non-hydrogen) atoms. The lowest BCUT2D eigenvalue weighted by atomic mass is 9.80. The van der Waals surface area contributed by atoms with Crippen molar-refractivity contribution in [2.24, 2.45) is 5.73 Å². The van der Waals surface area contributed by atoms with Crippen LogP contribution < -0.4 is 10.5 Å². The maximum atomic E-state index is 13.3. The number of primary amides is 1. The molecule has 7 nitrogen and oxygen atoms in total. The van der Waals surface area contributed by atoms with Gasteiger partial charge in [0.25, 0.3) is 0 Å². The predicted octanol–water partition coefficient (Wildman–Crippen LogP) is 15.4. The third-order valence-electron chi connectivity index (χ3n) is 13.0. The minimum Gasteiger partial charge on any atom is -0.482 e. The summed E-state index contributed by atoms with van der Waals surface area (Å²) >= 11 is 0. The van der Waals surface area contributed by atoms with Crippen LogP contribution >= 0.6 is 0 Å². The Balaban J connectivity index is 2.19. The molecule has 336 valence electrons. The Morgan fingerprint density at radius 1 is 0.650 bits per heavy atom. The zero-order chi connectivity index (χ0) is 43.3. The molecule has 3 rings (SSSR count). The van der Waals surface area contributed by atoms with E-state index in [0.717, 1.165) is 72.3 Å². The van der Waals surface area contributed by atoms with Crippen molar-refractivity contribution in [1.29, 1.82) is 5.26 Å². The second-order valence-electron chi connectivity index (χ2n) is 17.9. The molecule has 2 N–H and O–H groups in total. The molecule has 0 aliphatic heterocycles. The smallest absolute Gasteiger partial charge is 0.343 e. The number of hydrogen-bond donors (Lipinski definition) is 1. The van der Waals surface area contributed by atoms with Crippen LogP contribution in [0.25, 0.3) is 21.8 Å². The number of nitriles is 1. The molecule has 1 heterocycles. The Hall–Kier alpha value is -3.53. The van der Waals surface area contributed by atoms with Crippen molar-refractivity contribution >= 4 is 33.7 Å². The van der Waals surface area contributed by atoms with Crippen molar-refractivity contribution in [2.75, 3.05) is 13.7 Å². The normalized spacial score (nSPS) is 11.7. The van der Waals surface area contributed by atoms with Gasteiger partial charge in [0.05, 0.1) is 24.2 Å². The number of nitrogens with zero attached hydrogens (tertiary/aromatic N) is 2. The number of unbranched alkanes of at least 4 members (excludes halogenated alkanes) is 24. The number of methoxy groups -OCH3 is 1. The molecular formula is C53H85N3O4. The van der Waals surface area contributed by atoms with Gasteiger partial charge in [-0.3, -0.25) is 4.79 Å². The number of aryl methyl sites for hydroxylation is 1. The number of nitrogens with two attached hydrogens (primary N) is 1. The zero-order valence-electron chi connectivity index (χ0n) is 38.8. The number of carbonyl (C=O) groups excluding carboxylic acids is 2. The summed E-state index contributed by atoms with van der Waals surface area (Å²) in [6, 6.07) is 12.7. The molecule has 0 unspecified atom stereocenters. The van der Waals surface area contributed by atoms with E-state index < -0.39 is 11.9 Å². The van der Waals surface area contributed by atoms with Gasteiger partial charge in [-0.1, -0.05) is 187 Å². The molecule has 7 heteroatoms. The van der Waals surface area contributed by atoms with Gasteiger partial charge in [0, 0.05) is 28.3 Å². The number of amides is 1. The van der Waals surface area contributed by atoms with Gasteiger partial charge < -0.3 is 19.8 Å². The molecule has 0 saturated heterocycles. The first-order valence-corrected chi connectivity index (χ1v) is 24.8. The van der Waals surface area contributed by atoms with E-state index in [-0.39, 0.29) is 12.1 Å². The topological polar surface area (TPSA) is 107 Å². The molecule has 0 aliphatic rings. The number of aromatic nitrogens is 1. The van der Waals surface area contributed by atoms with E-state index in [1.165, 1.54) is 161 Å². The molecule has 0 aliphatic carbocycles. The summed E-state index contributed by atoms with van der Waals surface area (Å²) in [5.41, 5.74) is 9.85. The average Bonchev–Trinajstić information content (AvgIpc) is 3.58. The second kappa shape index (κ2) is 30.5. The lowest BCUT2D eigenvalue weighted by molar-refractivity contribution is -0.142. The van der Waals surface area contributed by atoms with Crippen LogP contribution in [0, 0.1) is 11.3 Å². The van der Waals surface area contributed by atoms with Crippen molar-refractivity contribution in [3.63, 3.8) is 0 Å². The highest BCUT2D eigenvalue weighted by Crippen LogP contribution is 2.45. The van der Waals surface area contributed by atoms with E-state index in [9.17, 15) is 14.9 Å². The maximum absolute atomic E-state index is 13.3. The highest BCUT2D eigenvalue weighted by atomic mass is 16.6. The Labute approximate surface area is 365 Å².